The van der Waals surface area contributed by atoms with Gasteiger partial charge in [0.1, 0.15) is 6.04 Å². The molecule has 1 aliphatic carbocycles. The number of hydrogen-bond acceptors (Lipinski definition) is 3. The summed E-state index contributed by atoms with van der Waals surface area (Å²) in [6.45, 7) is 2.48. The highest BCUT2D eigenvalue weighted by atomic mass is 16.4. The van der Waals surface area contributed by atoms with Gasteiger partial charge in [0, 0.05) is 30.9 Å². The molecule has 2 amide bonds. The van der Waals surface area contributed by atoms with Crippen LogP contribution in [-0.4, -0.2) is 50.6 Å². The van der Waals surface area contributed by atoms with E-state index in [2.05, 4.69) is 15.3 Å². The number of carboxylic acids is 1. The Hall–Kier alpha value is -2.05. The fourth-order valence-electron chi connectivity index (χ4n) is 2.00. The lowest BCUT2D eigenvalue weighted by atomic mass is 10.1. The van der Waals surface area contributed by atoms with E-state index in [0.29, 0.717) is 12.2 Å². The van der Waals surface area contributed by atoms with Gasteiger partial charge in [-0.25, -0.2) is 14.6 Å². The first-order valence-corrected chi connectivity index (χ1v) is 6.39. The Morgan fingerprint density at radius 2 is 2.37 bits per heavy atom. The summed E-state index contributed by atoms with van der Waals surface area (Å²) >= 11 is 0. The van der Waals surface area contributed by atoms with E-state index in [1.807, 2.05) is 6.92 Å². The van der Waals surface area contributed by atoms with E-state index < -0.39 is 12.0 Å². The van der Waals surface area contributed by atoms with Gasteiger partial charge in [0.2, 0.25) is 0 Å². The van der Waals surface area contributed by atoms with Gasteiger partial charge in [0.05, 0.1) is 6.33 Å². The maximum Gasteiger partial charge on any atom is 0.326 e. The van der Waals surface area contributed by atoms with Crippen molar-refractivity contribution in [3.63, 3.8) is 0 Å². The third-order valence-electron chi connectivity index (χ3n) is 3.16. The van der Waals surface area contributed by atoms with Crippen molar-refractivity contribution in [1.29, 1.82) is 0 Å². The molecule has 7 nitrogen and oxygen atoms in total. The molecular formula is C12H18N4O3. The molecule has 0 aromatic carbocycles. The van der Waals surface area contributed by atoms with Crippen LogP contribution in [0.2, 0.25) is 0 Å². The minimum Gasteiger partial charge on any atom is -0.480 e. The summed E-state index contributed by atoms with van der Waals surface area (Å²) in [5.74, 6) is -1.05. The number of aromatic amines is 1. The number of aliphatic carboxylic acids is 1. The van der Waals surface area contributed by atoms with Crippen LogP contribution in [0.1, 0.15) is 25.5 Å². The molecule has 7 heteroatoms. The van der Waals surface area contributed by atoms with Crippen molar-refractivity contribution in [3.05, 3.63) is 18.2 Å². The SMILES string of the molecule is CCN(C(=O)NC(Cc1cnc[nH]1)C(=O)O)C1CC1. The molecule has 2 rings (SSSR count). The highest BCUT2D eigenvalue weighted by molar-refractivity contribution is 5.83. The molecule has 1 aliphatic rings. The Labute approximate surface area is 111 Å². The number of amides is 2. The van der Waals surface area contributed by atoms with E-state index in [-0.39, 0.29) is 18.5 Å². The van der Waals surface area contributed by atoms with Crippen molar-refractivity contribution in [2.75, 3.05) is 6.54 Å². The number of nitrogens with zero attached hydrogens (tertiary/aromatic N) is 2. The molecule has 1 atom stereocenters. The summed E-state index contributed by atoms with van der Waals surface area (Å²) in [6, 6.07) is -0.982. The molecule has 19 heavy (non-hydrogen) atoms. The topological polar surface area (TPSA) is 98.3 Å². The van der Waals surface area contributed by atoms with Crippen molar-refractivity contribution in [2.45, 2.75) is 38.3 Å². The first-order valence-electron chi connectivity index (χ1n) is 6.39. The molecule has 0 radical (unpaired) electrons. The van der Waals surface area contributed by atoms with E-state index in [1.54, 1.807) is 11.1 Å². The molecule has 0 aliphatic heterocycles. The number of aromatic nitrogens is 2. The lowest BCUT2D eigenvalue weighted by molar-refractivity contribution is -0.139. The number of H-pyrrole nitrogens is 1. The molecule has 0 saturated heterocycles. The van der Waals surface area contributed by atoms with Gasteiger partial charge in [-0.3, -0.25) is 0 Å². The summed E-state index contributed by atoms with van der Waals surface area (Å²) in [7, 11) is 0. The van der Waals surface area contributed by atoms with Crippen molar-refractivity contribution in [2.24, 2.45) is 0 Å². The van der Waals surface area contributed by atoms with E-state index in [1.165, 1.54) is 6.33 Å². The maximum absolute atomic E-state index is 12.0. The van der Waals surface area contributed by atoms with Gasteiger partial charge in [-0.05, 0) is 19.8 Å². The van der Waals surface area contributed by atoms with Crippen LogP contribution >= 0.6 is 0 Å². The van der Waals surface area contributed by atoms with Gasteiger partial charge in [-0.15, -0.1) is 0 Å². The quantitative estimate of drug-likeness (QED) is 0.702. The second-order valence-corrected chi connectivity index (χ2v) is 4.64. The van der Waals surface area contributed by atoms with Gasteiger partial charge >= 0.3 is 12.0 Å². The van der Waals surface area contributed by atoms with Crippen LogP contribution in [-0.2, 0) is 11.2 Å². The molecule has 1 aromatic heterocycles. The Morgan fingerprint density at radius 3 is 2.84 bits per heavy atom. The van der Waals surface area contributed by atoms with Crippen LogP contribution in [0.3, 0.4) is 0 Å². The van der Waals surface area contributed by atoms with Gasteiger partial charge in [-0.1, -0.05) is 0 Å². The van der Waals surface area contributed by atoms with Crippen molar-refractivity contribution < 1.29 is 14.7 Å². The molecule has 1 unspecified atom stereocenters. The zero-order valence-electron chi connectivity index (χ0n) is 10.8. The molecule has 3 N–H and O–H groups in total. The van der Waals surface area contributed by atoms with Crippen LogP contribution in [0.25, 0.3) is 0 Å². The van der Waals surface area contributed by atoms with E-state index in [9.17, 15) is 9.59 Å². The number of urea groups is 1. The van der Waals surface area contributed by atoms with Crippen molar-refractivity contribution in [3.8, 4) is 0 Å². The number of rotatable bonds is 6. The molecular weight excluding hydrogens is 248 g/mol. The summed E-state index contributed by atoms with van der Waals surface area (Å²) in [6.07, 6.45) is 5.24. The van der Waals surface area contributed by atoms with Crippen LogP contribution < -0.4 is 5.32 Å². The van der Waals surface area contributed by atoms with Crippen LogP contribution in [0.5, 0.6) is 0 Å². The van der Waals surface area contributed by atoms with Gasteiger partial charge in [0.25, 0.3) is 0 Å². The molecule has 1 saturated carbocycles. The van der Waals surface area contributed by atoms with Crippen molar-refractivity contribution >= 4 is 12.0 Å². The average molecular weight is 266 g/mol. The minimum absolute atomic E-state index is 0.198. The molecule has 104 valence electrons. The van der Waals surface area contributed by atoms with Gasteiger partial charge in [-0.2, -0.15) is 0 Å². The highest BCUT2D eigenvalue weighted by Crippen LogP contribution is 2.26. The third-order valence-corrected chi connectivity index (χ3v) is 3.16. The third kappa shape index (κ3) is 3.46. The van der Waals surface area contributed by atoms with E-state index in [4.69, 9.17) is 5.11 Å². The van der Waals surface area contributed by atoms with Gasteiger partial charge in [0.15, 0.2) is 0 Å². The fourth-order valence-corrected chi connectivity index (χ4v) is 2.00. The van der Waals surface area contributed by atoms with Gasteiger partial charge < -0.3 is 20.3 Å². The first-order chi connectivity index (χ1) is 9.11. The standard InChI is InChI=1S/C12H18N4O3/c1-2-16(9-3-4-9)12(19)15-10(11(17)18)5-8-6-13-7-14-8/h6-7,9-10H,2-5H2,1H3,(H,13,14)(H,15,19)(H,17,18). The van der Waals surface area contributed by atoms with Crippen LogP contribution in [0.4, 0.5) is 4.79 Å². The zero-order chi connectivity index (χ0) is 13.8. The maximum atomic E-state index is 12.0. The number of carbonyl (C=O) groups is 2. The fraction of sp³-hybridized carbons (Fsp3) is 0.583. The predicted molar refractivity (Wildman–Crippen MR) is 67.6 cm³/mol. The van der Waals surface area contributed by atoms with Crippen LogP contribution in [0.15, 0.2) is 12.5 Å². The average Bonchev–Trinajstić information content (AvgIpc) is 3.05. The lowest BCUT2D eigenvalue weighted by Crippen LogP contribution is -2.49. The Balaban J connectivity index is 1.95. The zero-order valence-corrected chi connectivity index (χ0v) is 10.8. The van der Waals surface area contributed by atoms with E-state index >= 15 is 0 Å². The lowest BCUT2D eigenvalue weighted by Gasteiger charge is -2.23. The summed E-state index contributed by atoms with van der Waals surface area (Å²) < 4.78 is 0. The summed E-state index contributed by atoms with van der Waals surface area (Å²) in [4.78, 5) is 31.6. The number of carboxylic acid groups (broad SMARTS) is 1. The molecule has 0 bridgehead atoms. The predicted octanol–water partition coefficient (Wildman–Crippen LogP) is 0.599. The Bertz CT molecular complexity index is 442. The second kappa shape index (κ2) is 5.73. The summed E-state index contributed by atoms with van der Waals surface area (Å²) in [5, 5.41) is 11.7. The highest BCUT2D eigenvalue weighted by Gasteiger charge is 2.33. The van der Waals surface area contributed by atoms with E-state index in [0.717, 1.165) is 12.8 Å². The summed E-state index contributed by atoms with van der Waals surface area (Å²) in [5.41, 5.74) is 0.683. The smallest absolute Gasteiger partial charge is 0.326 e. The number of hydrogen-bond donors (Lipinski definition) is 3. The molecule has 1 heterocycles. The Morgan fingerprint density at radius 1 is 1.63 bits per heavy atom. The first kappa shape index (κ1) is 13.4. The molecule has 0 spiro atoms. The largest absolute Gasteiger partial charge is 0.480 e. The van der Waals surface area contributed by atoms with Crippen molar-refractivity contribution in [1.82, 2.24) is 20.2 Å². The number of imidazole rings is 1. The Kier molecular flexibility index (Phi) is 4.03. The monoisotopic (exact) mass is 266 g/mol. The minimum atomic E-state index is -1.05. The molecule has 1 aromatic rings. The number of nitrogens with one attached hydrogen (secondary N) is 2. The number of carbonyl (C=O) groups excluding carboxylic acids is 1. The normalized spacial score (nSPS) is 15.8. The van der Waals surface area contributed by atoms with Crippen LogP contribution in [0, 0.1) is 0 Å². The second-order valence-electron chi connectivity index (χ2n) is 4.64. The molecule has 1 fully saturated rings.